The molecule has 0 saturated heterocycles. The topological polar surface area (TPSA) is 122 Å². The molecule has 0 saturated carbocycles. The number of carbonyl (C=O) groups excluding carboxylic acids is 2. The first-order valence-electron chi connectivity index (χ1n) is 10.4. The predicted molar refractivity (Wildman–Crippen MR) is 123 cm³/mol. The molecular weight excluding hydrogens is 440 g/mol. The Labute approximate surface area is 194 Å². The van der Waals surface area contributed by atoms with Crippen molar-refractivity contribution in [2.24, 2.45) is 7.05 Å². The van der Waals surface area contributed by atoms with Gasteiger partial charge in [-0.25, -0.2) is 9.78 Å². The summed E-state index contributed by atoms with van der Waals surface area (Å²) in [7, 11) is 1.85. The number of hydrogen-bond donors (Lipinski definition) is 2. The number of ether oxygens (including phenoxy) is 1. The monoisotopic (exact) mass is 462 g/mol. The van der Waals surface area contributed by atoms with Gasteiger partial charge in [0.2, 0.25) is 5.91 Å². The molecular formula is C23H22N6O3S. The average molecular weight is 463 g/mol. The molecule has 1 atom stereocenters. The van der Waals surface area contributed by atoms with Crippen molar-refractivity contribution in [1.29, 1.82) is 5.26 Å². The first-order chi connectivity index (χ1) is 16.0. The lowest BCUT2D eigenvalue weighted by atomic mass is 9.94. The molecule has 1 unspecified atom stereocenters. The van der Waals surface area contributed by atoms with Crippen LogP contribution in [0.5, 0.6) is 0 Å². The number of aryl methyl sites for hydroxylation is 1. The number of rotatable bonds is 6. The summed E-state index contributed by atoms with van der Waals surface area (Å²) in [5, 5.41) is 15.7. The van der Waals surface area contributed by atoms with Crippen LogP contribution in [0.1, 0.15) is 33.7 Å². The zero-order valence-electron chi connectivity index (χ0n) is 17.9. The highest BCUT2D eigenvalue weighted by Gasteiger charge is 2.28. The highest BCUT2D eigenvalue weighted by atomic mass is 32.1. The Bertz CT molecular complexity index is 1220. The van der Waals surface area contributed by atoms with Gasteiger partial charge in [-0.1, -0.05) is 6.07 Å². The molecule has 9 nitrogen and oxygen atoms in total. The zero-order valence-corrected chi connectivity index (χ0v) is 18.8. The third-order valence-corrected chi connectivity index (χ3v) is 6.45. The fourth-order valence-electron chi connectivity index (χ4n) is 3.57. The predicted octanol–water partition coefficient (Wildman–Crippen LogP) is 3.18. The van der Waals surface area contributed by atoms with Gasteiger partial charge in [-0.05, 0) is 36.1 Å². The number of hydrogen-bond acceptors (Lipinski definition) is 7. The van der Waals surface area contributed by atoms with Crippen molar-refractivity contribution in [2.75, 3.05) is 5.32 Å². The number of fused-ring (bicyclic) bond motifs is 1. The standard InChI is InChI=1S/C23H22N6O3S/c1-29-14-26-12-16(29)13-27-23(31)32-17-5-6-18-19(10-24)22(33-20(18)9-17)28-21(30)7-4-15-3-2-8-25-11-15/h2-4,7-8,11-12,14,17H,5-6,9,13H2,1H3,(H,27,31)(H,28,30). The van der Waals surface area contributed by atoms with E-state index in [2.05, 4.69) is 26.7 Å². The van der Waals surface area contributed by atoms with Crippen LogP contribution in [-0.2, 0) is 36.0 Å². The van der Waals surface area contributed by atoms with Gasteiger partial charge in [-0.3, -0.25) is 9.78 Å². The van der Waals surface area contributed by atoms with E-state index < -0.39 is 6.09 Å². The van der Waals surface area contributed by atoms with E-state index in [1.807, 2.05) is 17.7 Å². The Morgan fingerprint density at radius 2 is 2.27 bits per heavy atom. The summed E-state index contributed by atoms with van der Waals surface area (Å²) in [6.07, 6.45) is 10.7. The van der Waals surface area contributed by atoms with Crippen molar-refractivity contribution in [3.63, 3.8) is 0 Å². The molecule has 3 aromatic heterocycles. The minimum Gasteiger partial charge on any atom is -0.446 e. The van der Waals surface area contributed by atoms with Crippen LogP contribution in [0.2, 0.25) is 0 Å². The summed E-state index contributed by atoms with van der Waals surface area (Å²) >= 11 is 1.36. The van der Waals surface area contributed by atoms with Crippen LogP contribution >= 0.6 is 11.3 Å². The summed E-state index contributed by atoms with van der Waals surface area (Å²) in [6.45, 7) is 0.327. The van der Waals surface area contributed by atoms with E-state index in [4.69, 9.17) is 4.74 Å². The molecule has 0 bridgehead atoms. The molecule has 0 radical (unpaired) electrons. The lowest BCUT2D eigenvalue weighted by Crippen LogP contribution is -2.32. The summed E-state index contributed by atoms with van der Waals surface area (Å²) in [5.74, 6) is -0.323. The number of thiophene rings is 1. The summed E-state index contributed by atoms with van der Waals surface area (Å²) < 4.78 is 7.40. The Hall–Kier alpha value is -3.97. The molecule has 3 heterocycles. The van der Waals surface area contributed by atoms with Crippen molar-refractivity contribution in [2.45, 2.75) is 31.9 Å². The van der Waals surface area contributed by atoms with Crippen LogP contribution in [0.3, 0.4) is 0 Å². The van der Waals surface area contributed by atoms with Gasteiger partial charge in [0.25, 0.3) is 0 Å². The third kappa shape index (κ3) is 5.45. The Kier molecular flexibility index (Phi) is 6.80. The third-order valence-electron chi connectivity index (χ3n) is 5.28. The Balaban J connectivity index is 1.36. The minimum absolute atomic E-state index is 0.289. The first kappa shape index (κ1) is 22.2. The molecule has 4 rings (SSSR count). The van der Waals surface area contributed by atoms with Gasteiger partial charge in [0.05, 0.1) is 24.1 Å². The summed E-state index contributed by atoms with van der Waals surface area (Å²) in [4.78, 5) is 33.6. The number of nitrogens with zero attached hydrogens (tertiary/aromatic N) is 4. The van der Waals surface area contributed by atoms with Gasteiger partial charge in [-0.15, -0.1) is 11.3 Å². The van der Waals surface area contributed by atoms with E-state index in [0.29, 0.717) is 36.4 Å². The van der Waals surface area contributed by atoms with E-state index >= 15 is 0 Å². The smallest absolute Gasteiger partial charge is 0.407 e. The molecule has 10 heteroatoms. The van der Waals surface area contributed by atoms with Crippen LogP contribution in [0.15, 0.2) is 43.1 Å². The molecule has 1 aliphatic carbocycles. The fourth-order valence-corrected chi connectivity index (χ4v) is 4.84. The quantitative estimate of drug-likeness (QED) is 0.543. The van der Waals surface area contributed by atoms with Crippen molar-refractivity contribution in [1.82, 2.24) is 19.9 Å². The molecule has 0 aromatic carbocycles. The maximum absolute atomic E-state index is 12.4. The molecule has 2 N–H and O–H groups in total. The van der Waals surface area contributed by atoms with Crippen molar-refractivity contribution < 1.29 is 14.3 Å². The number of nitrogens with one attached hydrogen (secondary N) is 2. The second kappa shape index (κ2) is 10.1. The second-order valence-electron chi connectivity index (χ2n) is 7.55. The summed E-state index contributed by atoms with van der Waals surface area (Å²) in [5.41, 5.74) is 3.08. The molecule has 0 fully saturated rings. The highest BCUT2D eigenvalue weighted by Crippen LogP contribution is 2.38. The van der Waals surface area contributed by atoms with Gasteiger partial charge >= 0.3 is 6.09 Å². The largest absolute Gasteiger partial charge is 0.446 e. The highest BCUT2D eigenvalue weighted by molar-refractivity contribution is 7.16. The maximum atomic E-state index is 12.4. The number of alkyl carbamates (subject to hydrolysis) is 1. The zero-order chi connectivity index (χ0) is 23.2. The molecule has 2 amide bonds. The van der Waals surface area contributed by atoms with E-state index in [-0.39, 0.29) is 12.0 Å². The number of imidazole rings is 1. The molecule has 3 aromatic rings. The van der Waals surface area contributed by atoms with Crippen LogP contribution in [-0.4, -0.2) is 32.6 Å². The number of aromatic nitrogens is 3. The molecule has 1 aliphatic rings. The van der Waals surface area contributed by atoms with E-state index in [1.54, 1.807) is 37.1 Å². The number of carbonyl (C=O) groups is 2. The van der Waals surface area contributed by atoms with Gasteiger partial charge in [-0.2, -0.15) is 5.26 Å². The normalized spacial score (nSPS) is 15.0. The average Bonchev–Trinajstić information content (AvgIpc) is 3.38. The van der Waals surface area contributed by atoms with E-state index in [9.17, 15) is 14.9 Å². The Morgan fingerprint density at radius 1 is 1.39 bits per heavy atom. The second-order valence-corrected chi connectivity index (χ2v) is 8.65. The number of pyridine rings is 1. The van der Waals surface area contributed by atoms with E-state index in [0.717, 1.165) is 21.7 Å². The van der Waals surface area contributed by atoms with Gasteiger partial charge in [0, 0.05) is 43.0 Å². The molecule has 0 aliphatic heterocycles. The van der Waals surface area contributed by atoms with Crippen LogP contribution < -0.4 is 10.6 Å². The van der Waals surface area contributed by atoms with Crippen LogP contribution in [0, 0.1) is 11.3 Å². The minimum atomic E-state index is -0.490. The van der Waals surface area contributed by atoms with Crippen molar-refractivity contribution in [3.05, 3.63) is 70.4 Å². The lowest BCUT2D eigenvalue weighted by Gasteiger charge is -2.22. The van der Waals surface area contributed by atoms with Gasteiger partial charge < -0.3 is 19.9 Å². The van der Waals surface area contributed by atoms with Crippen LogP contribution in [0.25, 0.3) is 6.08 Å². The number of amides is 2. The maximum Gasteiger partial charge on any atom is 0.407 e. The van der Waals surface area contributed by atoms with Crippen molar-refractivity contribution >= 4 is 34.4 Å². The Morgan fingerprint density at radius 3 is 3.00 bits per heavy atom. The molecule has 168 valence electrons. The molecule has 33 heavy (non-hydrogen) atoms. The first-order valence-corrected chi connectivity index (χ1v) is 11.2. The van der Waals surface area contributed by atoms with Gasteiger partial charge in [0.15, 0.2) is 0 Å². The van der Waals surface area contributed by atoms with Gasteiger partial charge in [0.1, 0.15) is 17.2 Å². The SMILES string of the molecule is Cn1cncc1CNC(=O)OC1CCc2c(sc(NC(=O)C=Cc3cccnc3)c2C#N)C1. The van der Waals surface area contributed by atoms with E-state index in [1.165, 1.54) is 17.4 Å². The lowest BCUT2D eigenvalue weighted by molar-refractivity contribution is -0.111. The number of anilines is 1. The fraction of sp³-hybridized carbons (Fsp3) is 0.261. The number of nitriles is 1. The summed E-state index contributed by atoms with van der Waals surface area (Å²) in [6, 6.07) is 5.84. The van der Waals surface area contributed by atoms with Crippen LogP contribution in [0.4, 0.5) is 9.80 Å². The molecule has 0 spiro atoms. The van der Waals surface area contributed by atoms with Crippen molar-refractivity contribution in [3.8, 4) is 6.07 Å².